The average Bonchev–Trinajstić information content (AvgIpc) is 4.01. The number of hydrogen-bond acceptors (Lipinski definition) is 16. The smallest absolute Gasteiger partial charge is 0.225 e. The molecule has 3 aromatic heterocycles. The van der Waals surface area contributed by atoms with Gasteiger partial charge in [0.1, 0.15) is 12.0 Å². The van der Waals surface area contributed by atoms with Crippen molar-refractivity contribution in [3.8, 4) is 27.4 Å². The summed E-state index contributed by atoms with van der Waals surface area (Å²) in [6.07, 6.45) is 6.48. The van der Waals surface area contributed by atoms with E-state index < -0.39 is 35.6 Å². The molecule has 67 heavy (non-hydrogen) atoms. The van der Waals surface area contributed by atoms with Crippen LogP contribution in [0.3, 0.4) is 0 Å². The zero-order valence-corrected chi connectivity index (χ0v) is 39.6. The van der Waals surface area contributed by atoms with Gasteiger partial charge >= 0.3 is 0 Å². The number of amides is 1. The first-order valence-corrected chi connectivity index (χ1v) is 24.5. The molecule has 3 aliphatic heterocycles. The summed E-state index contributed by atoms with van der Waals surface area (Å²) < 4.78 is 0. The molecule has 7 N–H and O–H groups in total. The standard InChI is InChI=1S/C50H63N11O5S/c1-29-45(67-28-55-29)32-11-9-30(10-12-32)22-52-48(66)39-20-36(62)19-38(39)44(65)46(50(2,3)4)56-43(64)27-59-17-15-31(16-18-59)33-23-53-49(54-24-33)61-34-13-14-35(61)26-60(25-34)41-21-40(57-58-47(41)51)37-7-5-6-8-42(37)63/h5-12,21,23-24,28,31,34-36,38-39,43,46,56,62-64H,13-20,22,25-27H2,1-4H3,(H2,51,58)(H,52,66)/t34?,35?,36-,38?,39+,43?,46+/m0/s1. The van der Waals surface area contributed by atoms with Crippen LogP contribution in [-0.2, 0) is 16.1 Å². The van der Waals surface area contributed by atoms with Crippen LogP contribution in [-0.4, -0.2) is 120 Å². The largest absolute Gasteiger partial charge is 0.507 e. The molecule has 1 amide bonds. The number of rotatable bonds is 14. The van der Waals surface area contributed by atoms with Crippen LogP contribution < -0.4 is 26.2 Å². The molecule has 9 rings (SSSR count). The number of piperazine rings is 1. The number of phenols is 1. The number of β-amino-alcohol motifs (C(OH)–C–C–N with tert-alkyl or cyclic N) is 1. The molecule has 3 saturated heterocycles. The third-order valence-corrected chi connectivity index (χ3v) is 15.3. The third kappa shape index (κ3) is 10.2. The number of anilines is 3. The normalized spacial score (nSPS) is 23.3. The van der Waals surface area contributed by atoms with Crippen LogP contribution in [0.15, 0.2) is 72.5 Å². The molecular formula is C50H63N11O5S. The molecule has 4 aliphatic rings. The van der Waals surface area contributed by atoms with E-state index >= 15 is 0 Å². The number of ketones is 1. The number of hydrogen-bond donors (Lipinski definition) is 6. The number of aryl methyl sites for hydroxylation is 1. The Morgan fingerprint density at radius 1 is 0.925 bits per heavy atom. The summed E-state index contributed by atoms with van der Waals surface area (Å²) in [5.74, 6) is -0.192. The van der Waals surface area contributed by atoms with Crippen LogP contribution in [0.1, 0.15) is 82.0 Å². The van der Waals surface area contributed by atoms with E-state index in [-0.39, 0.29) is 48.3 Å². The highest BCUT2D eigenvalue weighted by Gasteiger charge is 2.47. The predicted molar refractivity (Wildman–Crippen MR) is 259 cm³/mol. The number of carbonyl (C=O) groups is 2. The van der Waals surface area contributed by atoms with Crippen molar-refractivity contribution in [1.82, 2.24) is 40.7 Å². The van der Waals surface area contributed by atoms with Gasteiger partial charge in [-0.1, -0.05) is 57.2 Å². The van der Waals surface area contributed by atoms with Crippen molar-refractivity contribution < 1.29 is 24.9 Å². The van der Waals surface area contributed by atoms with Crippen molar-refractivity contribution in [2.75, 3.05) is 48.3 Å². The Balaban J connectivity index is 0.759. The summed E-state index contributed by atoms with van der Waals surface area (Å²) in [5, 5.41) is 47.4. The lowest BCUT2D eigenvalue weighted by atomic mass is 9.77. The minimum atomic E-state index is -0.968. The zero-order valence-electron chi connectivity index (χ0n) is 38.8. The highest BCUT2D eigenvalue weighted by molar-refractivity contribution is 7.13. The number of likely N-dealkylation sites (tertiary alicyclic amines) is 1. The highest BCUT2D eigenvalue weighted by atomic mass is 32.1. The van der Waals surface area contributed by atoms with E-state index in [4.69, 9.17) is 15.7 Å². The fourth-order valence-electron chi connectivity index (χ4n) is 10.8. The van der Waals surface area contributed by atoms with Crippen LogP contribution in [0.4, 0.5) is 17.5 Å². The zero-order chi connectivity index (χ0) is 47.0. The Kier molecular flexibility index (Phi) is 13.6. The van der Waals surface area contributed by atoms with Crippen LogP contribution >= 0.6 is 11.3 Å². The number of phenolic OH excluding ortho intramolecular Hbond substituents is 1. The molecule has 2 bridgehead atoms. The van der Waals surface area contributed by atoms with Crippen molar-refractivity contribution in [2.45, 2.75) is 109 Å². The molecule has 2 aromatic carbocycles. The molecule has 1 saturated carbocycles. The Labute approximate surface area is 396 Å². The summed E-state index contributed by atoms with van der Waals surface area (Å²) in [5.41, 5.74) is 13.8. The number of nitrogens with one attached hydrogen (secondary N) is 2. The molecule has 4 unspecified atom stereocenters. The number of aliphatic hydroxyl groups excluding tert-OH is 2. The topological polar surface area (TPSA) is 219 Å². The maximum absolute atomic E-state index is 14.3. The summed E-state index contributed by atoms with van der Waals surface area (Å²) in [6, 6.07) is 16.7. The summed E-state index contributed by atoms with van der Waals surface area (Å²) in [6.45, 7) is 11.6. The van der Waals surface area contributed by atoms with Gasteiger partial charge in [-0.25, -0.2) is 15.0 Å². The molecule has 17 heteroatoms. The van der Waals surface area contributed by atoms with Crippen LogP contribution in [0, 0.1) is 24.2 Å². The Hall–Kier alpha value is -5.59. The van der Waals surface area contributed by atoms with E-state index in [2.05, 4.69) is 40.5 Å². The number of thiazole rings is 1. The first kappa shape index (κ1) is 46.5. The van der Waals surface area contributed by atoms with Gasteiger partial charge in [-0.2, -0.15) is 0 Å². The number of piperidine rings is 1. The van der Waals surface area contributed by atoms with Gasteiger partial charge in [-0.3, -0.25) is 19.8 Å². The van der Waals surface area contributed by atoms with E-state index in [0.29, 0.717) is 30.2 Å². The monoisotopic (exact) mass is 929 g/mol. The van der Waals surface area contributed by atoms with Gasteiger partial charge in [0.2, 0.25) is 11.9 Å². The molecule has 4 fully saturated rings. The number of Topliss-reactive ketones (excluding diaryl/α,β-unsaturated/α-hetero) is 1. The molecule has 354 valence electrons. The molecule has 6 heterocycles. The molecule has 0 spiro atoms. The lowest BCUT2D eigenvalue weighted by molar-refractivity contribution is -0.136. The van der Waals surface area contributed by atoms with Gasteiger partial charge in [0.05, 0.1) is 45.5 Å². The van der Waals surface area contributed by atoms with Gasteiger partial charge in [0.15, 0.2) is 11.6 Å². The first-order valence-electron chi connectivity index (χ1n) is 23.6. The number of nitrogens with two attached hydrogens (primary N) is 1. The Bertz CT molecular complexity index is 2510. The van der Waals surface area contributed by atoms with Gasteiger partial charge in [-0.05, 0) is 105 Å². The molecular weight excluding hydrogens is 867 g/mol. The summed E-state index contributed by atoms with van der Waals surface area (Å²) in [7, 11) is 0. The van der Waals surface area contributed by atoms with Gasteiger partial charge in [0, 0.05) is 62.1 Å². The fourth-order valence-corrected chi connectivity index (χ4v) is 11.6. The van der Waals surface area contributed by atoms with Gasteiger partial charge < -0.3 is 36.2 Å². The van der Waals surface area contributed by atoms with E-state index in [0.717, 1.165) is 90.8 Å². The quantitative estimate of drug-likeness (QED) is 0.0781. The lowest BCUT2D eigenvalue weighted by Gasteiger charge is -2.42. The van der Waals surface area contributed by atoms with Crippen molar-refractivity contribution in [1.29, 1.82) is 0 Å². The number of benzene rings is 2. The van der Waals surface area contributed by atoms with Crippen LogP contribution in [0.5, 0.6) is 5.75 Å². The maximum Gasteiger partial charge on any atom is 0.225 e. The number of fused-ring (bicyclic) bond motifs is 2. The van der Waals surface area contributed by atoms with Crippen molar-refractivity contribution in [3.05, 3.63) is 89.3 Å². The number of nitrogens with zero attached hydrogens (tertiary/aromatic N) is 8. The van der Waals surface area contributed by atoms with Crippen molar-refractivity contribution in [3.63, 3.8) is 0 Å². The van der Waals surface area contributed by atoms with Crippen LogP contribution in [0.2, 0.25) is 0 Å². The van der Waals surface area contributed by atoms with Gasteiger partial charge in [-0.15, -0.1) is 21.5 Å². The van der Waals surface area contributed by atoms with Crippen molar-refractivity contribution in [2.24, 2.45) is 17.3 Å². The molecule has 5 aromatic rings. The second-order valence-electron chi connectivity index (χ2n) is 20.0. The molecule has 16 nitrogen and oxygen atoms in total. The number of nitrogen functional groups attached to an aromatic ring is 1. The number of para-hydroxylation sites is 1. The summed E-state index contributed by atoms with van der Waals surface area (Å²) in [4.78, 5) is 50.1. The van der Waals surface area contributed by atoms with E-state index in [1.807, 2.05) is 88.1 Å². The SMILES string of the molecule is Cc1ncsc1-c1ccc(CNC(=O)[C@@H]2C[C@@H](O)CC2C(=O)[C@@H](NC(O)CN2CCC(c3cnc(N4C5CCC4CN(c4cc(-c6ccccc6O)nnc4N)C5)nc3)CC2)C(C)(C)C)cc1. The number of carbonyl (C=O) groups excluding carboxylic acids is 2. The first-order chi connectivity index (χ1) is 32.2. The number of aliphatic hydroxyl groups is 2. The van der Waals surface area contributed by atoms with Crippen LogP contribution in [0.25, 0.3) is 21.7 Å². The number of aromatic nitrogens is 5. The Morgan fingerprint density at radius 2 is 1.61 bits per heavy atom. The second-order valence-corrected chi connectivity index (χ2v) is 20.9. The van der Waals surface area contributed by atoms with Gasteiger partial charge in [0.25, 0.3) is 0 Å². The minimum Gasteiger partial charge on any atom is -0.507 e. The van der Waals surface area contributed by atoms with E-state index in [9.17, 15) is 24.9 Å². The second kappa shape index (κ2) is 19.6. The average molecular weight is 930 g/mol. The van der Waals surface area contributed by atoms with E-state index in [1.165, 1.54) is 0 Å². The number of aromatic hydroxyl groups is 1. The Morgan fingerprint density at radius 3 is 2.27 bits per heavy atom. The molecule has 7 atom stereocenters. The van der Waals surface area contributed by atoms with E-state index in [1.54, 1.807) is 23.5 Å². The predicted octanol–water partition coefficient (Wildman–Crippen LogP) is 5.29. The fraction of sp³-hybridized carbons (Fsp3) is 0.500. The van der Waals surface area contributed by atoms with Crippen molar-refractivity contribution >= 4 is 40.5 Å². The maximum atomic E-state index is 14.3. The minimum absolute atomic E-state index is 0.146. The molecule has 1 aliphatic carbocycles. The highest BCUT2D eigenvalue weighted by Crippen LogP contribution is 2.40. The summed E-state index contributed by atoms with van der Waals surface area (Å²) >= 11 is 1.59. The third-order valence-electron chi connectivity index (χ3n) is 14.4. The molecule has 0 radical (unpaired) electrons. The lowest BCUT2D eigenvalue weighted by Crippen LogP contribution is -2.56.